The number of hydrogen-bond acceptors (Lipinski definition) is 3. The minimum atomic E-state index is -0.497. The summed E-state index contributed by atoms with van der Waals surface area (Å²) in [7, 11) is 0. The molecule has 5 heteroatoms. The fourth-order valence-corrected chi connectivity index (χ4v) is 0.770. The van der Waals surface area contributed by atoms with Crippen LogP contribution in [0, 0.1) is 0 Å². The first-order valence-corrected chi connectivity index (χ1v) is 2.87. The van der Waals surface area contributed by atoms with Gasteiger partial charge in [0.15, 0.2) is 0 Å². The monoisotopic (exact) mass is 144 g/mol. The van der Waals surface area contributed by atoms with E-state index >= 15 is 0 Å². The highest BCUT2D eigenvalue weighted by Crippen LogP contribution is 1.97. The van der Waals surface area contributed by atoms with Gasteiger partial charge in [-0.15, -0.1) is 0 Å². The molecule has 1 aliphatic heterocycles. The van der Waals surface area contributed by atoms with E-state index in [4.69, 9.17) is 10.2 Å². The lowest BCUT2D eigenvalue weighted by Gasteiger charge is -2.05. The summed E-state index contributed by atoms with van der Waals surface area (Å²) in [5, 5.41) is 19.5. The van der Waals surface area contributed by atoms with Gasteiger partial charge in [-0.1, -0.05) is 0 Å². The largest absolute Gasteiger partial charge is 0.394 e. The van der Waals surface area contributed by atoms with Crippen molar-refractivity contribution in [2.75, 3.05) is 13.2 Å². The van der Waals surface area contributed by atoms with Crippen LogP contribution in [-0.4, -0.2) is 41.2 Å². The standard InChI is InChI=1S/C5H8N2O3/c8-1-3-4(2-9)7-5(10)6-3/h3,8-9H,1-2H2,(H,6,10). The number of hydrogen-bond donors (Lipinski definition) is 3. The Kier molecular flexibility index (Phi) is 1.98. The summed E-state index contributed by atoms with van der Waals surface area (Å²) in [6.07, 6.45) is 0. The predicted octanol–water partition coefficient (Wildman–Crippen LogP) is -1.50. The Morgan fingerprint density at radius 2 is 2.30 bits per heavy atom. The molecule has 1 rings (SSSR count). The molecule has 0 aromatic rings. The molecule has 1 atom stereocenters. The zero-order chi connectivity index (χ0) is 7.56. The predicted molar refractivity (Wildman–Crippen MR) is 33.9 cm³/mol. The molecule has 1 unspecified atom stereocenters. The van der Waals surface area contributed by atoms with Crippen LogP contribution in [0.5, 0.6) is 0 Å². The van der Waals surface area contributed by atoms with Gasteiger partial charge in [0.25, 0.3) is 0 Å². The van der Waals surface area contributed by atoms with Crippen LogP contribution in [0.1, 0.15) is 0 Å². The van der Waals surface area contributed by atoms with E-state index in [1.165, 1.54) is 0 Å². The fourth-order valence-electron chi connectivity index (χ4n) is 0.770. The average Bonchev–Trinajstić information content (AvgIpc) is 2.30. The molecule has 56 valence electrons. The molecule has 0 spiro atoms. The van der Waals surface area contributed by atoms with Gasteiger partial charge in [0.1, 0.15) is 0 Å². The number of carbonyl (C=O) groups is 1. The van der Waals surface area contributed by atoms with Crippen molar-refractivity contribution in [3.05, 3.63) is 0 Å². The number of carbonyl (C=O) groups excluding carboxylic acids is 1. The van der Waals surface area contributed by atoms with Gasteiger partial charge in [-0.2, -0.15) is 4.99 Å². The van der Waals surface area contributed by atoms with E-state index in [9.17, 15) is 4.79 Å². The Morgan fingerprint density at radius 1 is 1.60 bits per heavy atom. The molecule has 5 nitrogen and oxygen atoms in total. The molecule has 0 aromatic heterocycles. The Hall–Kier alpha value is -0.940. The molecule has 0 fully saturated rings. The second kappa shape index (κ2) is 2.76. The third kappa shape index (κ3) is 1.14. The van der Waals surface area contributed by atoms with Gasteiger partial charge in [0, 0.05) is 0 Å². The van der Waals surface area contributed by atoms with E-state index in [1.807, 2.05) is 0 Å². The quantitative estimate of drug-likeness (QED) is 0.441. The highest BCUT2D eigenvalue weighted by molar-refractivity contribution is 6.05. The molecule has 0 bridgehead atoms. The maximum absolute atomic E-state index is 10.5. The Bertz CT molecular complexity index is 178. The second-order valence-electron chi connectivity index (χ2n) is 1.95. The highest BCUT2D eigenvalue weighted by atomic mass is 16.3. The van der Waals surface area contributed by atoms with E-state index in [0.29, 0.717) is 5.71 Å². The molecule has 10 heavy (non-hydrogen) atoms. The first kappa shape index (κ1) is 7.17. The van der Waals surface area contributed by atoms with Gasteiger partial charge in [-0.3, -0.25) is 0 Å². The van der Waals surface area contributed by atoms with Crippen molar-refractivity contribution in [1.29, 1.82) is 0 Å². The van der Waals surface area contributed by atoms with E-state index in [0.717, 1.165) is 0 Å². The number of rotatable bonds is 2. The van der Waals surface area contributed by atoms with Crippen LogP contribution in [0.25, 0.3) is 0 Å². The molecule has 0 aliphatic carbocycles. The number of aliphatic imine (C=N–C) groups is 1. The van der Waals surface area contributed by atoms with Crippen molar-refractivity contribution in [3.8, 4) is 0 Å². The molecule has 0 saturated heterocycles. The van der Waals surface area contributed by atoms with Crippen molar-refractivity contribution in [2.24, 2.45) is 4.99 Å². The number of amides is 2. The topological polar surface area (TPSA) is 81.9 Å². The van der Waals surface area contributed by atoms with Gasteiger partial charge < -0.3 is 15.5 Å². The van der Waals surface area contributed by atoms with Crippen molar-refractivity contribution in [2.45, 2.75) is 6.04 Å². The number of aliphatic hydroxyl groups is 2. The fraction of sp³-hybridized carbons (Fsp3) is 0.600. The molecule has 1 heterocycles. The smallest absolute Gasteiger partial charge is 0.341 e. The number of nitrogens with zero attached hydrogens (tertiary/aromatic N) is 1. The lowest BCUT2D eigenvalue weighted by atomic mass is 10.2. The summed E-state index contributed by atoms with van der Waals surface area (Å²) in [6, 6.07) is -0.986. The summed E-state index contributed by atoms with van der Waals surface area (Å²) in [6.45, 7) is -0.505. The normalized spacial score (nSPS) is 24.4. The third-order valence-electron chi connectivity index (χ3n) is 1.29. The van der Waals surface area contributed by atoms with Gasteiger partial charge in [0.05, 0.1) is 25.0 Å². The Labute approximate surface area is 57.4 Å². The maximum atomic E-state index is 10.5. The zero-order valence-corrected chi connectivity index (χ0v) is 5.24. The zero-order valence-electron chi connectivity index (χ0n) is 5.24. The van der Waals surface area contributed by atoms with Crippen LogP contribution in [0.3, 0.4) is 0 Å². The van der Waals surface area contributed by atoms with E-state index in [-0.39, 0.29) is 13.2 Å². The summed E-state index contributed by atoms with van der Waals surface area (Å²) in [4.78, 5) is 13.9. The summed E-state index contributed by atoms with van der Waals surface area (Å²) >= 11 is 0. The number of aliphatic hydroxyl groups excluding tert-OH is 2. The van der Waals surface area contributed by atoms with Crippen LogP contribution in [-0.2, 0) is 0 Å². The Balaban J connectivity index is 2.65. The van der Waals surface area contributed by atoms with Crippen LogP contribution < -0.4 is 5.32 Å². The first-order chi connectivity index (χ1) is 4.77. The molecule has 0 saturated carbocycles. The minimum absolute atomic E-state index is 0.217. The molecule has 1 aliphatic rings. The van der Waals surface area contributed by atoms with Crippen molar-refractivity contribution in [3.63, 3.8) is 0 Å². The van der Waals surface area contributed by atoms with Crippen molar-refractivity contribution < 1.29 is 15.0 Å². The van der Waals surface area contributed by atoms with Gasteiger partial charge >= 0.3 is 6.03 Å². The molecule has 0 radical (unpaired) electrons. The van der Waals surface area contributed by atoms with Crippen molar-refractivity contribution >= 4 is 11.7 Å². The van der Waals surface area contributed by atoms with Gasteiger partial charge in [0.2, 0.25) is 0 Å². The molecular formula is C5H8N2O3. The Morgan fingerprint density at radius 3 is 2.70 bits per heavy atom. The number of nitrogens with one attached hydrogen (secondary N) is 1. The third-order valence-corrected chi connectivity index (χ3v) is 1.29. The van der Waals surface area contributed by atoms with Gasteiger partial charge in [-0.05, 0) is 0 Å². The van der Waals surface area contributed by atoms with Crippen LogP contribution in [0.4, 0.5) is 4.79 Å². The highest BCUT2D eigenvalue weighted by Gasteiger charge is 2.23. The van der Waals surface area contributed by atoms with Crippen LogP contribution in [0.2, 0.25) is 0 Å². The first-order valence-electron chi connectivity index (χ1n) is 2.87. The summed E-state index contributed by atoms with van der Waals surface area (Å²) in [5.74, 6) is 0. The van der Waals surface area contributed by atoms with E-state index < -0.39 is 12.1 Å². The summed E-state index contributed by atoms with van der Waals surface area (Å²) < 4.78 is 0. The molecule has 0 aromatic carbocycles. The molecule has 2 amide bonds. The molecular weight excluding hydrogens is 136 g/mol. The van der Waals surface area contributed by atoms with Crippen molar-refractivity contribution in [1.82, 2.24) is 5.32 Å². The average molecular weight is 144 g/mol. The number of urea groups is 1. The lowest BCUT2D eigenvalue weighted by Crippen LogP contribution is -2.36. The lowest BCUT2D eigenvalue weighted by molar-refractivity contribution is 0.240. The maximum Gasteiger partial charge on any atom is 0.341 e. The van der Waals surface area contributed by atoms with Crippen LogP contribution in [0.15, 0.2) is 4.99 Å². The summed E-state index contributed by atoms with van der Waals surface area (Å²) in [5.41, 5.74) is 0.299. The second-order valence-corrected chi connectivity index (χ2v) is 1.95. The van der Waals surface area contributed by atoms with Gasteiger partial charge in [-0.25, -0.2) is 4.79 Å². The van der Waals surface area contributed by atoms with E-state index in [2.05, 4.69) is 10.3 Å². The molecule has 3 N–H and O–H groups in total. The minimum Gasteiger partial charge on any atom is -0.394 e. The SMILES string of the molecule is O=C1N=C(CO)C(CO)N1. The van der Waals surface area contributed by atoms with Crippen LogP contribution >= 0.6 is 0 Å². The van der Waals surface area contributed by atoms with E-state index in [1.54, 1.807) is 0 Å².